The van der Waals surface area contributed by atoms with Crippen molar-refractivity contribution in [1.82, 2.24) is 14.1 Å². The van der Waals surface area contributed by atoms with Crippen LogP contribution in [-0.2, 0) is 10.0 Å². The van der Waals surface area contributed by atoms with Crippen LogP contribution in [0.2, 0.25) is 5.02 Å². The normalized spacial score (nSPS) is 23.9. The Morgan fingerprint density at radius 1 is 1.25 bits per heavy atom. The standard InChI is InChI=1S/C20H30ClN3O3S/c1-14(2)23(4)28(26,27)16-7-8-18(21)17(12-16)20(25)24-11-9-19-15(13-24)6-5-10-22(19)3/h7-8,12,14-15,19H,5-6,9-11,13H2,1-4H3. The van der Waals surface area contributed by atoms with Crippen LogP contribution in [0.3, 0.4) is 0 Å². The number of hydrogen-bond donors (Lipinski definition) is 0. The molecule has 6 nitrogen and oxygen atoms in total. The lowest BCUT2D eigenvalue weighted by Gasteiger charge is -2.46. The number of carbonyl (C=O) groups is 1. The lowest BCUT2D eigenvalue weighted by Crippen LogP contribution is -2.53. The highest BCUT2D eigenvalue weighted by Gasteiger charge is 2.36. The zero-order valence-electron chi connectivity index (χ0n) is 17.1. The van der Waals surface area contributed by atoms with Gasteiger partial charge in [0, 0.05) is 32.2 Å². The van der Waals surface area contributed by atoms with Crippen molar-refractivity contribution in [3.63, 3.8) is 0 Å². The van der Waals surface area contributed by atoms with E-state index in [1.165, 1.54) is 22.5 Å². The fourth-order valence-electron chi connectivity index (χ4n) is 4.28. The molecule has 2 aliphatic heterocycles. The monoisotopic (exact) mass is 427 g/mol. The number of halogens is 1. The molecule has 0 saturated carbocycles. The Kier molecular flexibility index (Phi) is 6.39. The highest BCUT2D eigenvalue weighted by Crippen LogP contribution is 2.31. The van der Waals surface area contributed by atoms with Gasteiger partial charge in [-0.1, -0.05) is 11.6 Å². The van der Waals surface area contributed by atoms with Gasteiger partial charge >= 0.3 is 0 Å². The van der Waals surface area contributed by atoms with Crippen LogP contribution >= 0.6 is 11.6 Å². The number of piperidine rings is 2. The van der Waals surface area contributed by atoms with E-state index in [1.54, 1.807) is 7.05 Å². The van der Waals surface area contributed by atoms with Crippen LogP contribution in [0.25, 0.3) is 0 Å². The average molecular weight is 428 g/mol. The molecule has 0 spiro atoms. The quantitative estimate of drug-likeness (QED) is 0.741. The summed E-state index contributed by atoms with van der Waals surface area (Å²) in [5.74, 6) is 0.287. The lowest BCUT2D eigenvalue weighted by atomic mass is 9.84. The van der Waals surface area contributed by atoms with Gasteiger partial charge in [-0.2, -0.15) is 4.31 Å². The van der Waals surface area contributed by atoms with Gasteiger partial charge in [0.05, 0.1) is 15.5 Å². The van der Waals surface area contributed by atoms with Gasteiger partial charge in [0.2, 0.25) is 10.0 Å². The molecule has 0 aliphatic carbocycles. The van der Waals surface area contributed by atoms with Crippen LogP contribution in [0, 0.1) is 5.92 Å². The van der Waals surface area contributed by atoms with Gasteiger partial charge in [0.15, 0.2) is 0 Å². The Balaban J connectivity index is 1.84. The van der Waals surface area contributed by atoms with Crippen molar-refractivity contribution < 1.29 is 13.2 Å². The van der Waals surface area contributed by atoms with E-state index in [2.05, 4.69) is 11.9 Å². The van der Waals surface area contributed by atoms with E-state index in [4.69, 9.17) is 11.6 Å². The third kappa shape index (κ3) is 4.08. The number of rotatable bonds is 4. The zero-order chi connectivity index (χ0) is 20.6. The number of fused-ring (bicyclic) bond motifs is 1. The summed E-state index contributed by atoms with van der Waals surface area (Å²) in [6, 6.07) is 4.76. The summed E-state index contributed by atoms with van der Waals surface area (Å²) in [7, 11) is 0.0288. The molecular weight excluding hydrogens is 398 g/mol. The minimum absolute atomic E-state index is 0.101. The molecule has 8 heteroatoms. The molecule has 1 aromatic carbocycles. The summed E-state index contributed by atoms with van der Waals surface area (Å²) in [6.45, 7) is 6.11. The van der Waals surface area contributed by atoms with Crippen molar-refractivity contribution in [1.29, 1.82) is 0 Å². The van der Waals surface area contributed by atoms with E-state index in [-0.39, 0.29) is 22.4 Å². The van der Waals surface area contributed by atoms with Crippen molar-refractivity contribution in [2.24, 2.45) is 5.92 Å². The molecular formula is C20H30ClN3O3S. The molecule has 0 bridgehead atoms. The zero-order valence-corrected chi connectivity index (χ0v) is 18.6. The number of sulfonamides is 1. The molecule has 0 N–H and O–H groups in total. The van der Waals surface area contributed by atoms with E-state index in [1.807, 2.05) is 18.7 Å². The Hall–Kier alpha value is -1.15. The van der Waals surface area contributed by atoms with Crippen LogP contribution in [-0.4, -0.2) is 74.2 Å². The molecule has 0 aromatic heterocycles. The maximum atomic E-state index is 13.2. The van der Waals surface area contributed by atoms with E-state index >= 15 is 0 Å². The summed E-state index contributed by atoms with van der Waals surface area (Å²) < 4.78 is 26.9. The van der Waals surface area contributed by atoms with Gasteiger partial charge in [0.25, 0.3) is 5.91 Å². The van der Waals surface area contributed by atoms with Crippen LogP contribution in [0.1, 0.15) is 43.5 Å². The number of amides is 1. The predicted molar refractivity (Wildman–Crippen MR) is 111 cm³/mol. The first-order valence-electron chi connectivity index (χ1n) is 9.90. The number of likely N-dealkylation sites (tertiary alicyclic amines) is 2. The summed E-state index contributed by atoms with van der Waals surface area (Å²) in [6.07, 6.45) is 3.22. The maximum Gasteiger partial charge on any atom is 0.255 e. The van der Waals surface area contributed by atoms with Crippen LogP contribution in [0.4, 0.5) is 0 Å². The van der Waals surface area contributed by atoms with Crippen molar-refractivity contribution in [2.75, 3.05) is 33.7 Å². The molecule has 28 heavy (non-hydrogen) atoms. The molecule has 1 aromatic rings. The highest BCUT2D eigenvalue weighted by molar-refractivity contribution is 7.89. The summed E-state index contributed by atoms with van der Waals surface area (Å²) in [5, 5.41) is 0.291. The SMILES string of the molecule is CC(C)N(C)S(=O)(=O)c1ccc(Cl)c(C(=O)N2CCC3C(CCCN3C)C2)c1. The van der Waals surface area contributed by atoms with Crippen LogP contribution in [0.15, 0.2) is 23.1 Å². The first-order valence-corrected chi connectivity index (χ1v) is 11.7. The molecule has 2 aliphatic rings. The van der Waals surface area contributed by atoms with E-state index < -0.39 is 10.0 Å². The molecule has 2 saturated heterocycles. The van der Waals surface area contributed by atoms with Gasteiger partial charge in [-0.15, -0.1) is 0 Å². The minimum Gasteiger partial charge on any atom is -0.338 e. The summed E-state index contributed by atoms with van der Waals surface area (Å²) in [4.78, 5) is 17.5. The fraction of sp³-hybridized carbons (Fsp3) is 0.650. The third-order valence-corrected chi connectivity index (χ3v) is 8.56. The molecule has 2 atom stereocenters. The minimum atomic E-state index is -3.67. The molecule has 1 amide bonds. The molecule has 0 radical (unpaired) electrons. The number of carbonyl (C=O) groups excluding carboxylic acids is 1. The molecule has 2 unspecified atom stereocenters. The van der Waals surface area contributed by atoms with E-state index in [0.717, 1.165) is 25.8 Å². The largest absolute Gasteiger partial charge is 0.338 e. The lowest BCUT2D eigenvalue weighted by molar-refractivity contribution is 0.0317. The molecule has 2 heterocycles. The number of hydrogen-bond acceptors (Lipinski definition) is 4. The summed E-state index contributed by atoms with van der Waals surface area (Å²) >= 11 is 6.30. The predicted octanol–water partition coefficient (Wildman–Crippen LogP) is 2.93. The fourth-order valence-corrected chi connectivity index (χ4v) is 5.87. The second-order valence-corrected chi connectivity index (χ2v) is 10.7. The van der Waals surface area contributed by atoms with Gasteiger partial charge in [-0.3, -0.25) is 4.79 Å². The van der Waals surface area contributed by atoms with Crippen LogP contribution in [0.5, 0.6) is 0 Å². The molecule has 3 rings (SSSR count). The van der Waals surface area contributed by atoms with Crippen molar-refractivity contribution in [3.05, 3.63) is 28.8 Å². The Morgan fingerprint density at radius 3 is 2.64 bits per heavy atom. The van der Waals surface area contributed by atoms with Crippen molar-refractivity contribution in [2.45, 2.75) is 50.1 Å². The van der Waals surface area contributed by atoms with Gasteiger partial charge in [0.1, 0.15) is 0 Å². The third-order valence-electron chi connectivity index (χ3n) is 6.21. The highest BCUT2D eigenvalue weighted by atomic mass is 35.5. The van der Waals surface area contributed by atoms with Crippen molar-refractivity contribution >= 4 is 27.5 Å². The van der Waals surface area contributed by atoms with E-state index in [0.29, 0.717) is 30.1 Å². The maximum absolute atomic E-state index is 13.2. The number of benzene rings is 1. The Morgan fingerprint density at radius 2 is 1.96 bits per heavy atom. The van der Waals surface area contributed by atoms with Gasteiger partial charge in [-0.25, -0.2) is 8.42 Å². The average Bonchev–Trinajstić information content (AvgIpc) is 2.66. The molecule has 2 fully saturated rings. The smallest absolute Gasteiger partial charge is 0.255 e. The van der Waals surface area contributed by atoms with Gasteiger partial charge < -0.3 is 9.80 Å². The van der Waals surface area contributed by atoms with Gasteiger partial charge in [-0.05, 0) is 70.8 Å². The Bertz CT molecular complexity index is 843. The van der Waals surface area contributed by atoms with Crippen molar-refractivity contribution in [3.8, 4) is 0 Å². The first kappa shape index (κ1) is 21.6. The Labute approximate surface area is 173 Å². The second kappa shape index (κ2) is 8.30. The first-order chi connectivity index (χ1) is 13.1. The second-order valence-electron chi connectivity index (χ2n) is 8.25. The number of nitrogens with zero attached hydrogens (tertiary/aromatic N) is 3. The topological polar surface area (TPSA) is 60.9 Å². The molecule has 156 valence electrons. The van der Waals surface area contributed by atoms with E-state index in [9.17, 15) is 13.2 Å². The van der Waals surface area contributed by atoms with Crippen LogP contribution < -0.4 is 0 Å². The summed E-state index contributed by atoms with van der Waals surface area (Å²) in [5.41, 5.74) is 0.266.